The first-order valence-corrected chi connectivity index (χ1v) is 8.66. The van der Waals surface area contributed by atoms with Crippen LogP contribution in [0.3, 0.4) is 0 Å². The van der Waals surface area contributed by atoms with E-state index < -0.39 is 11.8 Å². The van der Waals surface area contributed by atoms with Gasteiger partial charge in [0.15, 0.2) is 5.69 Å². The van der Waals surface area contributed by atoms with E-state index in [1.807, 2.05) is 0 Å². The Kier molecular flexibility index (Phi) is 5.20. The minimum atomic E-state index is -0.590. The molecule has 0 bridgehead atoms. The lowest BCUT2D eigenvalue weighted by Gasteiger charge is -2.10. The predicted octanol–water partition coefficient (Wildman–Crippen LogP) is 5.27. The highest BCUT2D eigenvalue weighted by Gasteiger charge is 2.25. The van der Waals surface area contributed by atoms with Crippen LogP contribution in [-0.4, -0.2) is 22.1 Å². The van der Waals surface area contributed by atoms with E-state index in [1.165, 1.54) is 6.07 Å². The molecule has 2 aromatic carbocycles. The third-order valence-corrected chi connectivity index (χ3v) is 4.44. The fourth-order valence-electron chi connectivity index (χ4n) is 2.40. The lowest BCUT2D eigenvalue weighted by atomic mass is 10.2. The van der Waals surface area contributed by atoms with E-state index in [2.05, 4.69) is 20.9 Å². The highest BCUT2D eigenvalue weighted by Crippen LogP contribution is 2.32. The monoisotopic (exact) mass is 422 g/mol. The van der Waals surface area contributed by atoms with Gasteiger partial charge in [0.25, 0.3) is 0 Å². The Morgan fingerprint density at radius 3 is 2.72 bits per heavy atom. The van der Waals surface area contributed by atoms with Gasteiger partial charge in [0.2, 0.25) is 0 Å². The van der Waals surface area contributed by atoms with Crippen molar-refractivity contribution in [2.75, 3.05) is 6.61 Å². The van der Waals surface area contributed by atoms with Gasteiger partial charge in [-0.25, -0.2) is 14.2 Å². The number of esters is 1. The van der Waals surface area contributed by atoms with Crippen molar-refractivity contribution in [3.63, 3.8) is 0 Å². The number of nitrogens with zero attached hydrogens (tertiary/aromatic N) is 2. The molecule has 0 atom stereocenters. The summed E-state index contributed by atoms with van der Waals surface area (Å²) in [4.78, 5) is 16.5. The van der Waals surface area contributed by atoms with E-state index >= 15 is 0 Å². The van der Waals surface area contributed by atoms with Crippen molar-refractivity contribution in [2.45, 2.75) is 6.92 Å². The molecule has 128 valence electrons. The minimum absolute atomic E-state index is 0.0695. The molecular weight excluding hydrogens is 411 g/mol. The van der Waals surface area contributed by atoms with Crippen molar-refractivity contribution in [1.82, 2.24) is 9.55 Å². The van der Waals surface area contributed by atoms with Gasteiger partial charge in [-0.1, -0.05) is 29.8 Å². The van der Waals surface area contributed by atoms with Gasteiger partial charge in [0.05, 0.1) is 12.2 Å². The fraction of sp³-hybridized carbons (Fsp3) is 0.111. The molecule has 0 aliphatic carbocycles. The van der Waals surface area contributed by atoms with Gasteiger partial charge in [0.1, 0.15) is 16.2 Å². The maximum absolute atomic E-state index is 14.3. The van der Waals surface area contributed by atoms with Crippen LogP contribution in [0.5, 0.6) is 0 Å². The summed E-state index contributed by atoms with van der Waals surface area (Å²) in [5, 5.41) is 0.510. The molecule has 0 saturated heterocycles. The summed E-state index contributed by atoms with van der Waals surface area (Å²) in [6, 6.07) is 13.2. The Balaban J connectivity index is 2.28. The molecule has 3 aromatic rings. The number of carbonyl (C=O) groups excluding carboxylic acids is 1. The molecule has 0 radical (unpaired) electrons. The Labute approximate surface area is 157 Å². The zero-order chi connectivity index (χ0) is 18.0. The summed E-state index contributed by atoms with van der Waals surface area (Å²) >= 11 is 9.47. The lowest BCUT2D eigenvalue weighted by Crippen LogP contribution is -2.06. The van der Waals surface area contributed by atoms with E-state index in [1.54, 1.807) is 54.0 Å². The second-order valence-corrected chi connectivity index (χ2v) is 6.28. The van der Waals surface area contributed by atoms with Crippen LogP contribution < -0.4 is 0 Å². The zero-order valence-electron chi connectivity index (χ0n) is 13.2. The van der Waals surface area contributed by atoms with E-state index in [4.69, 9.17) is 16.3 Å². The first-order chi connectivity index (χ1) is 12.0. The van der Waals surface area contributed by atoms with Crippen LogP contribution in [0.1, 0.15) is 17.4 Å². The van der Waals surface area contributed by atoms with Crippen molar-refractivity contribution in [1.29, 1.82) is 0 Å². The number of benzene rings is 2. The molecule has 0 spiro atoms. The molecule has 0 unspecified atom stereocenters. The second kappa shape index (κ2) is 7.37. The molecule has 3 rings (SSSR count). The number of halogens is 3. The lowest BCUT2D eigenvalue weighted by molar-refractivity contribution is 0.0519. The van der Waals surface area contributed by atoms with Gasteiger partial charge in [0, 0.05) is 10.7 Å². The number of carbonyl (C=O) groups is 1. The van der Waals surface area contributed by atoms with Gasteiger partial charge in [-0.05, 0) is 53.2 Å². The molecule has 0 fully saturated rings. The highest BCUT2D eigenvalue weighted by atomic mass is 79.9. The van der Waals surface area contributed by atoms with Crippen LogP contribution in [-0.2, 0) is 4.74 Å². The molecule has 25 heavy (non-hydrogen) atoms. The van der Waals surface area contributed by atoms with Crippen LogP contribution in [0.25, 0.3) is 17.1 Å². The quantitative estimate of drug-likeness (QED) is 0.537. The third-order valence-electron chi connectivity index (χ3n) is 3.47. The topological polar surface area (TPSA) is 44.1 Å². The third kappa shape index (κ3) is 3.45. The summed E-state index contributed by atoms with van der Waals surface area (Å²) in [5.41, 5.74) is 0.972. The SMILES string of the molecule is CCOC(=O)c1nc(-c2ccccc2F)n(-c2cccc(Cl)c2)c1Br. The molecular formula is C18H13BrClFN2O2. The van der Waals surface area contributed by atoms with Crippen molar-refractivity contribution < 1.29 is 13.9 Å². The summed E-state index contributed by atoms with van der Waals surface area (Å²) < 4.78 is 21.4. The molecule has 0 saturated carbocycles. The normalized spacial score (nSPS) is 10.7. The van der Waals surface area contributed by atoms with Crippen LogP contribution >= 0.6 is 27.5 Å². The van der Waals surface area contributed by atoms with Crippen LogP contribution in [0, 0.1) is 5.82 Å². The summed E-state index contributed by atoms with van der Waals surface area (Å²) in [5.74, 6) is -0.762. The second-order valence-electron chi connectivity index (χ2n) is 5.09. The summed E-state index contributed by atoms with van der Waals surface area (Å²) in [7, 11) is 0. The molecule has 7 heteroatoms. The Morgan fingerprint density at radius 1 is 1.28 bits per heavy atom. The largest absolute Gasteiger partial charge is 0.461 e. The smallest absolute Gasteiger partial charge is 0.359 e. The van der Waals surface area contributed by atoms with Gasteiger partial charge in [-0.15, -0.1) is 0 Å². The van der Waals surface area contributed by atoms with Crippen molar-refractivity contribution in [2.24, 2.45) is 0 Å². The first kappa shape index (κ1) is 17.6. The van der Waals surface area contributed by atoms with E-state index in [0.717, 1.165) is 0 Å². The maximum atomic E-state index is 14.3. The summed E-state index contributed by atoms with van der Waals surface area (Å²) in [6.07, 6.45) is 0. The minimum Gasteiger partial charge on any atom is -0.461 e. The standard InChI is InChI=1S/C18H13BrClFN2O2/c1-2-25-18(24)15-16(19)23(12-7-5-6-11(20)10-12)17(22-15)13-8-3-4-9-14(13)21/h3-10H,2H2,1H3. The van der Waals surface area contributed by atoms with Crippen molar-refractivity contribution >= 4 is 33.5 Å². The Morgan fingerprint density at radius 2 is 2.04 bits per heavy atom. The number of hydrogen-bond donors (Lipinski definition) is 0. The highest BCUT2D eigenvalue weighted by molar-refractivity contribution is 9.10. The molecule has 0 aliphatic heterocycles. The predicted molar refractivity (Wildman–Crippen MR) is 97.6 cm³/mol. The maximum Gasteiger partial charge on any atom is 0.359 e. The van der Waals surface area contributed by atoms with Crippen LogP contribution in [0.4, 0.5) is 4.39 Å². The molecule has 1 aromatic heterocycles. The van der Waals surface area contributed by atoms with Crippen LogP contribution in [0.15, 0.2) is 53.1 Å². The van der Waals surface area contributed by atoms with E-state index in [-0.39, 0.29) is 23.7 Å². The van der Waals surface area contributed by atoms with Crippen LogP contribution in [0.2, 0.25) is 5.02 Å². The van der Waals surface area contributed by atoms with Crippen molar-refractivity contribution in [3.8, 4) is 17.1 Å². The zero-order valence-corrected chi connectivity index (χ0v) is 15.5. The number of rotatable bonds is 4. The number of aromatic nitrogens is 2. The average molecular weight is 424 g/mol. The number of hydrogen-bond acceptors (Lipinski definition) is 3. The Bertz CT molecular complexity index is 943. The summed E-state index contributed by atoms with van der Waals surface area (Å²) in [6.45, 7) is 1.92. The Hall–Kier alpha value is -2.18. The number of ether oxygens (including phenoxy) is 1. The molecule has 1 heterocycles. The molecule has 0 N–H and O–H groups in total. The number of imidazole rings is 1. The molecule has 0 aliphatic rings. The van der Waals surface area contributed by atoms with Gasteiger partial charge in [-0.2, -0.15) is 0 Å². The first-order valence-electron chi connectivity index (χ1n) is 7.49. The average Bonchev–Trinajstić information content (AvgIpc) is 2.93. The molecule has 0 amide bonds. The van der Waals surface area contributed by atoms with Gasteiger partial charge >= 0.3 is 5.97 Å². The van der Waals surface area contributed by atoms with Gasteiger partial charge < -0.3 is 4.74 Å². The fourth-order valence-corrected chi connectivity index (χ4v) is 3.21. The molecule has 4 nitrogen and oxygen atoms in total. The van der Waals surface area contributed by atoms with Crippen molar-refractivity contribution in [3.05, 3.63) is 69.7 Å². The van der Waals surface area contributed by atoms with E-state index in [0.29, 0.717) is 15.3 Å². The van der Waals surface area contributed by atoms with E-state index in [9.17, 15) is 9.18 Å². The van der Waals surface area contributed by atoms with Gasteiger partial charge in [-0.3, -0.25) is 4.57 Å².